The first-order valence-electron chi connectivity index (χ1n) is 6.23. The maximum atomic E-state index is 13.4. The number of hydrogen-bond donors (Lipinski definition) is 2. The highest BCUT2D eigenvalue weighted by molar-refractivity contribution is 5.82. The average Bonchev–Trinajstić information content (AvgIpc) is 2.48. The van der Waals surface area contributed by atoms with Crippen LogP contribution in [0.2, 0.25) is 0 Å². The molecule has 3 N–H and O–H groups in total. The molecule has 0 bridgehead atoms. The minimum Gasteiger partial charge on any atom is -0.398 e. The Kier molecular flexibility index (Phi) is 3.08. The number of fused-ring (bicyclic) bond motifs is 1. The van der Waals surface area contributed by atoms with Crippen LogP contribution in [0, 0.1) is 5.82 Å². The fraction of sp³-hybridized carbons (Fsp3) is 0.0625. The van der Waals surface area contributed by atoms with Crippen molar-refractivity contribution in [1.82, 2.24) is 4.98 Å². The number of para-hydroxylation sites is 1. The maximum Gasteiger partial charge on any atom is 0.123 e. The largest absolute Gasteiger partial charge is 0.398 e. The van der Waals surface area contributed by atoms with Crippen LogP contribution in [-0.2, 0) is 0 Å². The molecule has 0 saturated heterocycles. The molecule has 1 unspecified atom stereocenters. The molecule has 0 aliphatic carbocycles. The Hall–Kier alpha value is -2.46. The van der Waals surface area contributed by atoms with E-state index in [9.17, 15) is 9.50 Å². The van der Waals surface area contributed by atoms with Gasteiger partial charge in [-0.25, -0.2) is 4.39 Å². The molecule has 20 heavy (non-hydrogen) atoms. The zero-order valence-corrected chi connectivity index (χ0v) is 10.6. The SMILES string of the molecule is Nc1ccc(F)cc1C(O)c1cccc2cccnc12. The van der Waals surface area contributed by atoms with Crippen molar-refractivity contribution in [3.05, 3.63) is 71.7 Å². The molecule has 0 amide bonds. The van der Waals surface area contributed by atoms with Crippen molar-refractivity contribution in [3.63, 3.8) is 0 Å². The molecule has 0 spiro atoms. The molecule has 3 aromatic rings. The lowest BCUT2D eigenvalue weighted by molar-refractivity contribution is 0.222. The Morgan fingerprint density at radius 1 is 1.05 bits per heavy atom. The standard InChI is InChI=1S/C16H13FN2O/c17-11-6-7-14(18)13(9-11)16(20)12-5-1-3-10-4-2-8-19-15(10)12/h1-9,16,20H,18H2. The molecule has 3 rings (SSSR count). The van der Waals surface area contributed by atoms with Crippen molar-refractivity contribution in [1.29, 1.82) is 0 Å². The van der Waals surface area contributed by atoms with Crippen LogP contribution in [0.4, 0.5) is 10.1 Å². The summed E-state index contributed by atoms with van der Waals surface area (Å²) in [5, 5.41) is 11.4. The van der Waals surface area contributed by atoms with Crippen molar-refractivity contribution < 1.29 is 9.50 Å². The van der Waals surface area contributed by atoms with E-state index in [1.807, 2.05) is 24.3 Å². The van der Waals surface area contributed by atoms with Crippen LogP contribution in [0.15, 0.2) is 54.7 Å². The fourth-order valence-electron chi connectivity index (χ4n) is 2.30. The molecule has 0 radical (unpaired) electrons. The van der Waals surface area contributed by atoms with Gasteiger partial charge in [-0.1, -0.05) is 24.3 Å². The van der Waals surface area contributed by atoms with Crippen LogP contribution in [0.5, 0.6) is 0 Å². The number of nitrogen functional groups attached to an aromatic ring is 1. The van der Waals surface area contributed by atoms with Crippen LogP contribution >= 0.6 is 0 Å². The summed E-state index contributed by atoms with van der Waals surface area (Å²) in [4.78, 5) is 4.29. The zero-order chi connectivity index (χ0) is 14.1. The van der Waals surface area contributed by atoms with Crippen LogP contribution in [0.25, 0.3) is 10.9 Å². The highest BCUT2D eigenvalue weighted by Gasteiger charge is 2.17. The van der Waals surface area contributed by atoms with Gasteiger partial charge in [0.15, 0.2) is 0 Å². The Balaban J connectivity index is 2.17. The first kappa shape index (κ1) is 12.6. The van der Waals surface area contributed by atoms with Crippen LogP contribution in [-0.4, -0.2) is 10.1 Å². The predicted molar refractivity (Wildman–Crippen MR) is 76.6 cm³/mol. The number of benzene rings is 2. The Bertz CT molecular complexity index is 768. The number of aromatic nitrogens is 1. The third kappa shape index (κ3) is 2.10. The molecule has 1 heterocycles. The van der Waals surface area contributed by atoms with E-state index < -0.39 is 11.9 Å². The summed E-state index contributed by atoms with van der Waals surface area (Å²) < 4.78 is 13.4. The van der Waals surface area contributed by atoms with Gasteiger partial charge in [0.05, 0.1) is 5.52 Å². The number of pyridine rings is 1. The third-order valence-corrected chi connectivity index (χ3v) is 3.30. The van der Waals surface area contributed by atoms with Gasteiger partial charge in [0, 0.05) is 28.4 Å². The summed E-state index contributed by atoms with van der Waals surface area (Å²) in [5.41, 5.74) is 7.83. The average molecular weight is 268 g/mol. The smallest absolute Gasteiger partial charge is 0.123 e. The number of hydrogen-bond acceptors (Lipinski definition) is 3. The topological polar surface area (TPSA) is 59.1 Å². The number of halogens is 1. The number of nitrogens with two attached hydrogens (primary N) is 1. The maximum absolute atomic E-state index is 13.4. The number of anilines is 1. The van der Waals surface area contributed by atoms with E-state index in [0.29, 0.717) is 22.3 Å². The van der Waals surface area contributed by atoms with E-state index in [4.69, 9.17) is 5.73 Å². The Morgan fingerprint density at radius 2 is 1.85 bits per heavy atom. The van der Waals surface area contributed by atoms with Crippen molar-refractivity contribution in [2.75, 3.05) is 5.73 Å². The summed E-state index contributed by atoms with van der Waals surface area (Å²) in [7, 11) is 0. The molecule has 100 valence electrons. The highest BCUT2D eigenvalue weighted by atomic mass is 19.1. The third-order valence-electron chi connectivity index (χ3n) is 3.30. The van der Waals surface area contributed by atoms with Gasteiger partial charge in [0.25, 0.3) is 0 Å². The lowest BCUT2D eigenvalue weighted by Gasteiger charge is -2.15. The van der Waals surface area contributed by atoms with E-state index in [-0.39, 0.29) is 0 Å². The van der Waals surface area contributed by atoms with Crippen LogP contribution in [0.3, 0.4) is 0 Å². The monoisotopic (exact) mass is 268 g/mol. The molecule has 0 aliphatic heterocycles. The Morgan fingerprint density at radius 3 is 2.70 bits per heavy atom. The minimum absolute atomic E-state index is 0.350. The first-order valence-corrected chi connectivity index (χ1v) is 6.23. The molecular formula is C16H13FN2O. The second-order valence-corrected chi connectivity index (χ2v) is 4.60. The lowest BCUT2D eigenvalue weighted by atomic mass is 9.97. The van der Waals surface area contributed by atoms with Gasteiger partial charge in [-0.2, -0.15) is 0 Å². The summed E-state index contributed by atoms with van der Waals surface area (Å²) in [6, 6.07) is 13.2. The first-order chi connectivity index (χ1) is 9.66. The van der Waals surface area contributed by atoms with Gasteiger partial charge in [0.2, 0.25) is 0 Å². The molecule has 2 aromatic carbocycles. The summed E-state index contributed by atoms with van der Waals surface area (Å²) in [6.07, 6.45) is 0.650. The molecule has 0 saturated carbocycles. The normalized spacial score (nSPS) is 12.5. The fourth-order valence-corrected chi connectivity index (χ4v) is 2.30. The molecule has 1 aromatic heterocycles. The minimum atomic E-state index is -1.01. The Labute approximate surface area is 115 Å². The van der Waals surface area contributed by atoms with Crippen molar-refractivity contribution in [2.24, 2.45) is 0 Å². The van der Waals surface area contributed by atoms with Crippen molar-refractivity contribution in [3.8, 4) is 0 Å². The van der Waals surface area contributed by atoms with Gasteiger partial charge in [-0.15, -0.1) is 0 Å². The number of nitrogens with zero attached hydrogens (tertiary/aromatic N) is 1. The van der Waals surface area contributed by atoms with Gasteiger partial charge in [-0.05, 0) is 24.3 Å². The molecular weight excluding hydrogens is 255 g/mol. The molecule has 4 heteroatoms. The number of rotatable bonds is 2. The lowest BCUT2D eigenvalue weighted by Crippen LogP contribution is -2.05. The molecule has 0 aliphatic rings. The molecule has 3 nitrogen and oxygen atoms in total. The summed E-state index contributed by atoms with van der Waals surface area (Å²) >= 11 is 0. The van der Waals surface area contributed by atoms with E-state index in [0.717, 1.165) is 5.39 Å². The van der Waals surface area contributed by atoms with Crippen LogP contribution in [0.1, 0.15) is 17.2 Å². The summed E-state index contributed by atoms with van der Waals surface area (Å²) in [6.45, 7) is 0. The van der Waals surface area contributed by atoms with Gasteiger partial charge >= 0.3 is 0 Å². The van der Waals surface area contributed by atoms with Gasteiger partial charge in [-0.3, -0.25) is 4.98 Å². The quantitative estimate of drug-likeness (QED) is 0.702. The summed E-state index contributed by atoms with van der Waals surface area (Å²) in [5.74, 6) is -0.429. The van der Waals surface area contributed by atoms with E-state index >= 15 is 0 Å². The number of aliphatic hydroxyl groups excluding tert-OH is 1. The zero-order valence-electron chi connectivity index (χ0n) is 10.6. The predicted octanol–water partition coefficient (Wildman–Crippen LogP) is 3.04. The van der Waals surface area contributed by atoms with Crippen LogP contribution < -0.4 is 5.73 Å². The van der Waals surface area contributed by atoms with E-state index in [2.05, 4.69) is 4.98 Å². The van der Waals surface area contributed by atoms with Crippen molar-refractivity contribution in [2.45, 2.75) is 6.10 Å². The van der Waals surface area contributed by atoms with E-state index in [1.54, 1.807) is 12.3 Å². The highest BCUT2D eigenvalue weighted by Crippen LogP contribution is 2.31. The van der Waals surface area contributed by atoms with Gasteiger partial charge < -0.3 is 10.8 Å². The second-order valence-electron chi connectivity index (χ2n) is 4.60. The number of aliphatic hydroxyl groups is 1. The molecule has 0 fully saturated rings. The van der Waals surface area contributed by atoms with E-state index in [1.165, 1.54) is 18.2 Å². The molecule has 1 atom stereocenters. The second kappa shape index (κ2) is 4.90. The van der Waals surface area contributed by atoms with Crippen molar-refractivity contribution >= 4 is 16.6 Å². The van der Waals surface area contributed by atoms with Gasteiger partial charge in [0.1, 0.15) is 11.9 Å².